The lowest BCUT2D eigenvalue weighted by atomic mass is 10.1. The van der Waals surface area contributed by atoms with Crippen molar-refractivity contribution in [2.75, 3.05) is 33.4 Å². The quantitative estimate of drug-likeness (QED) is 0.702. The molecule has 1 aromatic heterocycles. The maximum atomic E-state index is 13.0. The molecule has 1 aliphatic heterocycles. The van der Waals surface area contributed by atoms with Crippen LogP contribution in [0, 0.1) is 0 Å². The van der Waals surface area contributed by atoms with Crippen LogP contribution >= 0.6 is 0 Å². The van der Waals surface area contributed by atoms with Gasteiger partial charge in [-0.25, -0.2) is 4.79 Å². The van der Waals surface area contributed by atoms with E-state index < -0.39 is 0 Å². The van der Waals surface area contributed by atoms with Crippen LogP contribution in [0.1, 0.15) is 24.1 Å². The van der Waals surface area contributed by atoms with Gasteiger partial charge in [-0.15, -0.1) is 0 Å². The molecule has 2 amide bonds. The number of benzene rings is 1. The van der Waals surface area contributed by atoms with Gasteiger partial charge in [0.1, 0.15) is 12.4 Å². The SMILES string of the molecule is CN1CCC(NC(=O)N(Cc2ccc(OCCO)cc2)Cc2ccn(C)n2)CC1. The molecule has 0 radical (unpaired) electrons. The first-order valence-electron chi connectivity index (χ1n) is 10.1. The first-order chi connectivity index (χ1) is 14.0. The summed E-state index contributed by atoms with van der Waals surface area (Å²) in [5, 5.41) is 16.5. The number of aliphatic hydroxyl groups is 1. The van der Waals surface area contributed by atoms with E-state index in [1.807, 2.05) is 43.6 Å². The lowest BCUT2D eigenvalue weighted by Gasteiger charge is -2.31. The summed E-state index contributed by atoms with van der Waals surface area (Å²) in [4.78, 5) is 17.1. The Labute approximate surface area is 172 Å². The number of carbonyl (C=O) groups is 1. The average molecular weight is 402 g/mol. The molecule has 8 nitrogen and oxygen atoms in total. The fraction of sp³-hybridized carbons (Fsp3) is 0.524. The molecule has 1 aliphatic rings. The second-order valence-corrected chi connectivity index (χ2v) is 7.58. The first kappa shape index (κ1) is 21.1. The van der Waals surface area contributed by atoms with Crippen LogP contribution in [0.3, 0.4) is 0 Å². The Morgan fingerprint density at radius 1 is 1.21 bits per heavy atom. The summed E-state index contributed by atoms with van der Waals surface area (Å²) in [5.41, 5.74) is 1.87. The summed E-state index contributed by atoms with van der Waals surface area (Å²) in [6.07, 6.45) is 3.82. The molecule has 2 N–H and O–H groups in total. The van der Waals surface area contributed by atoms with Crippen LogP contribution in [0.4, 0.5) is 4.79 Å². The molecule has 158 valence electrons. The minimum atomic E-state index is -0.0641. The Morgan fingerprint density at radius 2 is 1.93 bits per heavy atom. The molecule has 2 aromatic rings. The molecule has 8 heteroatoms. The second kappa shape index (κ2) is 10.3. The molecular weight excluding hydrogens is 370 g/mol. The highest BCUT2D eigenvalue weighted by atomic mass is 16.5. The van der Waals surface area contributed by atoms with Crippen molar-refractivity contribution >= 4 is 6.03 Å². The van der Waals surface area contributed by atoms with E-state index in [9.17, 15) is 4.79 Å². The standard InChI is InChI=1S/C21H31N5O3/c1-24-10-7-18(8-11-24)22-21(28)26(16-19-9-12-25(2)23-19)15-17-3-5-20(6-4-17)29-14-13-27/h3-6,9,12,18,27H,7-8,10-11,13-16H2,1-2H3,(H,22,28). The molecule has 3 rings (SSSR count). The number of carbonyl (C=O) groups excluding carboxylic acids is 1. The predicted molar refractivity (Wildman–Crippen MR) is 111 cm³/mol. The fourth-order valence-corrected chi connectivity index (χ4v) is 3.44. The molecule has 0 atom stereocenters. The Bertz CT molecular complexity index is 769. The van der Waals surface area contributed by atoms with Crippen molar-refractivity contribution in [3.05, 3.63) is 47.8 Å². The normalized spacial score (nSPS) is 15.3. The van der Waals surface area contributed by atoms with Gasteiger partial charge < -0.3 is 25.0 Å². The van der Waals surface area contributed by atoms with E-state index in [4.69, 9.17) is 9.84 Å². The van der Waals surface area contributed by atoms with E-state index in [2.05, 4.69) is 22.4 Å². The number of aryl methyl sites for hydroxylation is 1. The molecular formula is C21H31N5O3. The van der Waals surface area contributed by atoms with Crippen molar-refractivity contribution in [2.24, 2.45) is 7.05 Å². The van der Waals surface area contributed by atoms with Crippen molar-refractivity contribution in [2.45, 2.75) is 32.0 Å². The van der Waals surface area contributed by atoms with Gasteiger partial charge in [-0.1, -0.05) is 12.1 Å². The molecule has 0 aliphatic carbocycles. The molecule has 0 spiro atoms. The van der Waals surface area contributed by atoms with Crippen LogP contribution in [-0.4, -0.2) is 70.1 Å². The minimum Gasteiger partial charge on any atom is -0.491 e. The van der Waals surface area contributed by atoms with Gasteiger partial charge in [-0.05, 0) is 56.7 Å². The van der Waals surface area contributed by atoms with Crippen molar-refractivity contribution in [3.8, 4) is 5.75 Å². The van der Waals surface area contributed by atoms with Gasteiger partial charge in [0, 0.05) is 25.8 Å². The van der Waals surface area contributed by atoms with Crippen molar-refractivity contribution < 1.29 is 14.6 Å². The zero-order chi connectivity index (χ0) is 20.6. The summed E-state index contributed by atoms with van der Waals surface area (Å²) >= 11 is 0. The van der Waals surface area contributed by atoms with Crippen LogP contribution in [-0.2, 0) is 20.1 Å². The maximum absolute atomic E-state index is 13.0. The summed E-state index contributed by atoms with van der Waals surface area (Å²) < 4.78 is 7.16. The van der Waals surface area contributed by atoms with Gasteiger partial charge in [0.15, 0.2) is 0 Å². The molecule has 2 heterocycles. The number of nitrogens with zero attached hydrogens (tertiary/aromatic N) is 4. The molecule has 0 bridgehead atoms. The number of piperidine rings is 1. The number of likely N-dealkylation sites (tertiary alicyclic amines) is 1. The van der Waals surface area contributed by atoms with Gasteiger partial charge in [0.2, 0.25) is 0 Å². The highest BCUT2D eigenvalue weighted by molar-refractivity contribution is 5.74. The number of amides is 2. The van der Waals surface area contributed by atoms with Gasteiger partial charge in [0.25, 0.3) is 0 Å². The number of rotatable bonds is 8. The smallest absolute Gasteiger partial charge is 0.318 e. The third-order valence-electron chi connectivity index (χ3n) is 5.11. The average Bonchev–Trinajstić information content (AvgIpc) is 3.13. The van der Waals surface area contributed by atoms with Crippen LogP contribution in [0.5, 0.6) is 5.75 Å². The van der Waals surface area contributed by atoms with E-state index in [0.717, 1.165) is 37.2 Å². The van der Waals surface area contributed by atoms with Crippen LogP contribution < -0.4 is 10.1 Å². The summed E-state index contributed by atoms with van der Waals surface area (Å²) in [6, 6.07) is 9.69. The Hall–Kier alpha value is -2.58. The number of aromatic nitrogens is 2. The summed E-state index contributed by atoms with van der Waals surface area (Å²) in [7, 11) is 3.98. The lowest BCUT2D eigenvalue weighted by Crippen LogP contribution is -2.48. The highest BCUT2D eigenvalue weighted by Gasteiger charge is 2.22. The van der Waals surface area contributed by atoms with Crippen molar-refractivity contribution in [3.63, 3.8) is 0 Å². The number of nitrogens with one attached hydrogen (secondary N) is 1. The van der Waals surface area contributed by atoms with E-state index in [0.29, 0.717) is 18.8 Å². The fourth-order valence-electron chi connectivity index (χ4n) is 3.44. The summed E-state index contributed by atoms with van der Waals surface area (Å²) in [5.74, 6) is 0.704. The second-order valence-electron chi connectivity index (χ2n) is 7.58. The summed E-state index contributed by atoms with van der Waals surface area (Å²) in [6.45, 7) is 3.18. The molecule has 1 aromatic carbocycles. The van der Waals surface area contributed by atoms with Crippen molar-refractivity contribution in [1.82, 2.24) is 24.9 Å². The first-order valence-corrected chi connectivity index (χ1v) is 10.1. The zero-order valence-electron chi connectivity index (χ0n) is 17.3. The predicted octanol–water partition coefficient (Wildman–Crippen LogP) is 1.60. The van der Waals surface area contributed by atoms with Crippen LogP contribution in [0.15, 0.2) is 36.5 Å². The topological polar surface area (TPSA) is 82.9 Å². The molecule has 0 unspecified atom stereocenters. The number of urea groups is 1. The van der Waals surface area contributed by atoms with E-state index >= 15 is 0 Å². The zero-order valence-corrected chi connectivity index (χ0v) is 17.3. The third-order valence-corrected chi connectivity index (χ3v) is 5.11. The number of aliphatic hydroxyl groups excluding tert-OH is 1. The van der Waals surface area contributed by atoms with E-state index in [-0.39, 0.29) is 25.3 Å². The Balaban J connectivity index is 1.66. The highest BCUT2D eigenvalue weighted by Crippen LogP contribution is 2.16. The monoisotopic (exact) mass is 401 g/mol. The van der Waals surface area contributed by atoms with Gasteiger partial charge in [-0.2, -0.15) is 5.10 Å². The number of hydrogen-bond acceptors (Lipinski definition) is 5. The molecule has 29 heavy (non-hydrogen) atoms. The van der Waals surface area contributed by atoms with Crippen molar-refractivity contribution in [1.29, 1.82) is 0 Å². The largest absolute Gasteiger partial charge is 0.491 e. The van der Waals surface area contributed by atoms with E-state index in [1.165, 1.54) is 0 Å². The Kier molecular flexibility index (Phi) is 7.48. The number of ether oxygens (including phenoxy) is 1. The third kappa shape index (κ3) is 6.47. The number of hydrogen-bond donors (Lipinski definition) is 2. The Morgan fingerprint density at radius 3 is 2.55 bits per heavy atom. The minimum absolute atomic E-state index is 0.0171. The van der Waals surface area contributed by atoms with Crippen LogP contribution in [0.25, 0.3) is 0 Å². The maximum Gasteiger partial charge on any atom is 0.318 e. The van der Waals surface area contributed by atoms with E-state index in [1.54, 1.807) is 9.58 Å². The van der Waals surface area contributed by atoms with Gasteiger partial charge in [0.05, 0.1) is 18.8 Å². The van der Waals surface area contributed by atoms with Gasteiger partial charge in [-0.3, -0.25) is 4.68 Å². The molecule has 1 saturated heterocycles. The molecule has 1 fully saturated rings. The molecule has 0 saturated carbocycles. The van der Waals surface area contributed by atoms with Crippen LogP contribution in [0.2, 0.25) is 0 Å². The lowest BCUT2D eigenvalue weighted by molar-refractivity contribution is 0.175. The van der Waals surface area contributed by atoms with Gasteiger partial charge >= 0.3 is 6.03 Å².